The number of nitrogens with one attached hydrogen (secondary N) is 1. The van der Waals surface area contributed by atoms with Gasteiger partial charge in [0.05, 0.1) is 5.69 Å². The van der Waals surface area contributed by atoms with Crippen LogP contribution in [0.4, 0.5) is 0 Å². The molecule has 0 saturated heterocycles. The van der Waals surface area contributed by atoms with Crippen LogP contribution >= 0.6 is 0 Å². The Kier molecular flexibility index (Phi) is 5.38. The topological polar surface area (TPSA) is 24.9 Å². The Balaban J connectivity index is 1.96. The first-order chi connectivity index (χ1) is 9.22. The molecule has 2 nitrogen and oxygen atoms in total. The van der Waals surface area contributed by atoms with E-state index in [9.17, 15) is 0 Å². The first-order valence-electron chi connectivity index (χ1n) is 7.88. The fourth-order valence-electron chi connectivity index (χ4n) is 3.39. The second-order valence-corrected chi connectivity index (χ2v) is 6.14. The molecule has 2 rings (SSSR count). The third-order valence-electron chi connectivity index (χ3n) is 4.57. The molecular weight excluding hydrogens is 232 g/mol. The molecule has 106 valence electrons. The fraction of sp³-hybridized carbons (Fsp3) is 0.706. The summed E-state index contributed by atoms with van der Waals surface area (Å²) in [5.74, 6) is 1.62. The van der Waals surface area contributed by atoms with E-state index in [0.29, 0.717) is 6.04 Å². The second-order valence-electron chi connectivity index (χ2n) is 6.14. The van der Waals surface area contributed by atoms with Gasteiger partial charge in [0, 0.05) is 18.8 Å². The Morgan fingerprint density at radius 3 is 2.84 bits per heavy atom. The normalized spacial score (nSPS) is 23.8. The van der Waals surface area contributed by atoms with Gasteiger partial charge in [0.1, 0.15) is 0 Å². The highest BCUT2D eigenvalue weighted by atomic mass is 14.9. The summed E-state index contributed by atoms with van der Waals surface area (Å²) in [5.41, 5.74) is 2.62. The Morgan fingerprint density at radius 2 is 2.11 bits per heavy atom. The SMILES string of the molecule is CCc1cccnc1CNC1CCCCC1C(C)C. The van der Waals surface area contributed by atoms with Gasteiger partial charge in [-0.2, -0.15) is 0 Å². The van der Waals surface area contributed by atoms with Crippen LogP contribution in [0, 0.1) is 11.8 Å². The summed E-state index contributed by atoms with van der Waals surface area (Å²) >= 11 is 0. The van der Waals surface area contributed by atoms with Gasteiger partial charge in [0.25, 0.3) is 0 Å². The zero-order chi connectivity index (χ0) is 13.7. The smallest absolute Gasteiger partial charge is 0.0573 e. The highest BCUT2D eigenvalue weighted by Crippen LogP contribution is 2.30. The standard InChI is InChI=1S/C17H28N2/c1-4-14-8-7-11-18-17(14)12-19-16-10-6-5-9-15(16)13(2)3/h7-8,11,13,15-16,19H,4-6,9-10,12H2,1-3H3. The maximum absolute atomic E-state index is 4.54. The van der Waals surface area contributed by atoms with Crippen LogP contribution in [0.25, 0.3) is 0 Å². The number of hydrogen-bond donors (Lipinski definition) is 1. The van der Waals surface area contributed by atoms with Crippen LogP contribution in [0.1, 0.15) is 57.7 Å². The first-order valence-corrected chi connectivity index (χ1v) is 7.88. The number of aromatic nitrogens is 1. The second kappa shape index (κ2) is 7.04. The van der Waals surface area contributed by atoms with Crippen molar-refractivity contribution in [3.8, 4) is 0 Å². The highest BCUT2D eigenvalue weighted by Gasteiger charge is 2.27. The van der Waals surface area contributed by atoms with Crippen LogP contribution in [0.5, 0.6) is 0 Å². The molecule has 0 aromatic carbocycles. The molecule has 0 spiro atoms. The van der Waals surface area contributed by atoms with Crippen molar-refractivity contribution in [1.82, 2.24) is 10.3 Å². The fourth-order valence-corrected chi connectivity index (χ4v) is 3.39. The lowest BCUT2D eigenvalue weighted by atomic mass is 9.78. The van der Waals surface area contributed by atoms with Crippen LogP contribution in [0.2, 0.25) is 0 Å². The number of hydrogen-bond acceptors (Lipinski definition) is 2. The van der Waals surface area contributed by atoms with Crippen LogP contribution in [0.3, 0.4) is 0 Å². The first kappa shape index (κ1) is 14.5. The van der Waals surface area contributed by atoms with E-state index in [1.165, 1.54) is 36.9 Å². The molecule has 0 amide bonds. The van der Waals surface area contributed by atoms with Crippen molar-refractivity contribution in [3.05, 3.63) is 29.6 Å². The van der Waals surface area contributed by atoms with Gasteiger partial charge in [0.15, 0.2) is 0 Å². The van der Waals surface area contributed by atoms with Gasteiger partial charge in [-0.1, -0.05) is 39.7 Å². The number of aryl methyl sites for hydroxylation is 1. The number of rotatable bonds is 5. The van der Waals surface area contributed by atoms with Crippen molar-refractivity contribution in [2.75, 3.05) is 0 Å². The van der Waals surface area contributed by atoms with Crippen LogP contribution in [0.15, 0.2) is 18.3 Å². The van der Waals surface area contributed by atoms with E-state index in [0.717, 1.165) is 24.8 Å². The lowest BCUT2D eigenvalue weighted by Gasteiger charge is -2.35. The molecule has 1 aromatic heterocycles. The van der Waals surface area contributed by atoms with E-state index in [1.807, 2.05) is 12.3 Å². The van der Waals surface area contributed by atoms with E-state index in [-0.39, 0.29) is 0 Å². The van der Waals surface area contributed by atoms with Crippen LogP contribution in [-0.4, -0.2) is 11.0 Å². The minimum absolute atomic E-state index is 0.681. The molecular formula is C17H28N2. The van der Waals surface area contributed by atoms with Crippen molar-refractivity contribution in [1.29, 1.82) is 0 Å². The Bertz CT molecular complexity index is 387. The minimum Gasteiger partial charge on any atom is -0.308 e. The van der Waals surface area contributed by atoms with Crippen molar-refractivity contribution in [3.63, 3.8) is 0 Å². The van der Waals surface area contributed by atoms with E-state index in [2.05, 4.69) is 37.1 Å². The largest absolute Gasteiger partial charge is 0.308 e. The van der Waals surface area contributed by atoms with Crippen molar-refractivity contribution in [2.45, 2.75) is 65.5 Å². The third kappa shape index (κ3) is 3.79. The van der Waals surface area contributed by atoms with E-state index < -0.39 is 0 Å². The van der Waals surface area contributed by atoms with E-state index >= 15 is 0 Å². The molecule has 1 saturated carbocycles. The molecule has 19 heavy (non-hydrogen) atoms. The molecule has 1 heterocycles. The summed E-state index contributed by atoms with van der Waals surface area (Å²) in [7, 11) is 0. The number of pyridine rings is 1. The molecule has 1 fully saturated rings. The van der Waals surface area contributed by atoms with Gasteiger partial charge >= 0.3 is 0 Å². The van der Waals surface area contributed by atoms with Crippen LogP contribution in [-0.2, 0) is 13.0 Å². The highest BCUT2D eigenvalue weighted by molar-refractivity contribution is 5.19. The Morgan fingerprint density at radius 1 is 1.32 bits per heavy atom. The molecule has 1 aromatic rings. The van der Waals surface area contributed by atoms with Crippen LogP contribution < -0.4 is 5.32 Å². The van der Waals surface area contributed by atoms with Gasteiger partial charge in [-0.3, -0.25) is 4.98 Å². The monoisotopic (exact) mass is 260 g/mol. The van der Waals surface area contributed by atoms with Gasteiger partial charge in [0.2, 0.25) is 0 Å². The Hall–Kier alpha value is -0.890. The summed E-state index contributed by atoms with van der Waals surface area (Å²) < 4.78 is 0. The zero-order valence-electron chi connectivity index (χ0n) is 12.7. The number of nitrogens with zero attached hydrogens (tertiary/aromatic N) is 1. The molecule has 2 atom stereocenters. The summed E-state index contributed by atoms with van der Waals surface area (Å²) in [5, 5.41) is 3.78. The maximum atomic E-state index is 4.54. The lowest BCUT2D eigenvalue weighted by molar-refractivity contribution is 0.204. The average Bonchev–Trinajstić information content (AvgIpc) is 2.45. The summed E-state index contributed by atoms with van der Waals surface area (Å²) in [4.78, 5) is 4.54. The molecule has 0 radical (unpaired) electrons. The molecule has 0 bridgehead atoms. The van der Waals surface area contributed by atoms with Gasteiger partial charge in [-0.05, 0) is 42.7 Å². The average molecular weight is 260 g/mol. The predicted octanol–water partition coefficient (Wildman–Crippen LogP) is 3.95. The van der Waals surface area contributed by atoms with Gasteiger partial charge in [-0.15, -0.1) is 0 Å². The molecule has 2 heteroatoms. The van der Waals surface area contributed by atoms with Crippen molar-refractivity contribution >= 4 is 0 Å². The van der Waals surface area contributed by atoms with Gasteiger partial charge < -0.3 is 5.32 Å². The van der Waals surface area contributed by atoms with Gasteiger partial charge in [-0.25, -0.2) is 0 Å². The lowest BCUT2D eigenvalue weighted by Crippen LogP contribution is -2.40. The molecule has 1 N–H and O–H groups in total. The molecule has 1 aliphatic carbocycles. The van der Waals surface area contributed by atoms with Crippen molar-refractivity contribution < 1.29 is 0 Å². The third-order valence-corrected chi connectivity index (χ3v) is 4.57. The van der Waals surface area contributed by atoms with E-state index in [4.69, 9.17) is 0 Å². The summed E-state index contributed by atoms with van der Waals surface area (Å²) in [6, 6.07) is 4.92. The quantitative estimate of drug-likeness (QED) is 0.867. The minimum atomic E-state index is 0.681. The molecule has 1 aliphatic rings. The van der Waals surface area contributed by atoms with E-state index in [1.54, 1.807) is 0 Å². The summed E-state index contributed by atoms with van der Waals surface area (Å²) in [6.07, 6.45) is 8.49. The Labute approximate surface area is 118 Å². The molecule has 0 aliphatic heterocycles. The maximum Gasteiger partial charge on any atom is 0.0573 e. The predicted molar refractivity (Wildman–Crippen MR) is 81.0 cm³/mol. The molecule has 2 unspecified atom stereocenters. The van der Waals surface area contributed by atoms with Crippen molar-refractivity contribution in [2.24, 2.45) is 11.8 Å². The zero-order valence-corrected chi connectivity index (χ0v) is 12.7. The summed E-state index contributed by atoms with van der Waals surface area (Å²) in [6.45, 7) is 7.86.